The van der Waals surface area contributed by atoms with E-state index in [1.807, 2.05) is 37.3 Å². The van der Waals surface area contributed by atoms with E-state index >= 15 is 0 Å². The van der Waals surface area contributed by atoms with Crippen LogP contribution in [0.3, 0.4) is 0 Å². The zero-order chi connectivity index (χ0) is 18.5. The Morgan fingerprint density at radius 1 is 1.23 bits per heavy atom. The van der Waals surface area contributed by atoms with Crippen molar-refractivity contribution in [3.8, 4) is 11.1 Å². The number of carbonyl (C=O) groups is 1. The molecule has 5 heteroatoms. The van der Waals surface area contributed by atoms with Crippen LogP contribution in [-0.2, 0) is 10.3 Å². The van der Waals surface area contributed by atoms with E-state index in [1.54, 1.807) is 6.20 Å². The molecule has 1 aliphatic carbocycles. The number of ether oxygens (including phenoxy) is 1. The molecule has 1 fully saturated rings. The maximum Gasteiger partial charge on any atom is 0.340 e. The van der Waals surface area contributed by atoms with E-state index in [1.165, 1.54) is 7.11 Å². The molecule has 1 saturated carbocycles. The molecule has 0 atom stereocenters. The molecule has 0 saturated heterocycles. The van der Waals surface area contributed by atoms with Crippen LogP contribution >= 0.6 is 11.6 Å². The number of nitrogens with one attached hydrogen (secondary N) is 1. The van der Waals surface area contributed by atoms with Crippen molar-refractivity contribution in [3.05, 3.63) is 58.2 Å². The Morgan fingerprint density at radius 2 is 2.00 bits per heavy atom. The quantitative estimate of drug-likeness (QED) is 0.642. The van der Waals surface area contributed by atoms with Crippen LogP contribution in [0.15, 0.2) is 36.5 Å². The molecule has 0 radical (unpaired) electrons. The van der Waals surface area contributed by atoms with Gasteiger partial charge in [0.25, 0.3) is 0 Å². The minimum Gasteiger partial charge on any atom is -0.465 e. The molecule has 1 heterocycles. The van der Waals surface area contributed by atoms with Crippen LogP contribution in [0.1, 0.15) is 40.7 Å². The Balaban J connectivity index is 1.83. The predicted octanol–water partition coefficient (Wildman–Crippen LogP) is 4.95. The maximum atomic E-state index is 12.0. The van der Waals surface area contributed by atoms with Crippen LogP contribution < -0.4 is 0 Å². The van der Waals surface area contributed by atoms with Crippen LogP contribution in [0, 0.1) is 6.92 Å². The van der Waals surface area contributed by atoms with Gasteiger partial charge in [0.1, 0.15) is 0 Å². The zero-order valence-electron chi connectivity index (χ0n) is 14.7. The Bertz CT molecular complexity index is 1020. The van der Waals surface area contributed by atoms with E-state index in [2.05, 4.69) is 4.98 Å². The van der Waals surface area contributed by atoms with Crippen molar-refractivity contribution in [2.75, 3.05) is 7.11 Å². The number of halogens is 1. The highest BCUT2D eigenvalue weighted by molar-refractivity contribution is 6.34. The summed E-state index contributed by atoms with van der Waals surface area (Å²) in [5.74, 6) is -0.385. The van der Waals surface area contributed by atoms with E-state index in [9.17, 15) is 9.90 Å². The summed E-state index contributed by atoms with van der Waals surface area (Å²) in [7, 11) is 1.37. The second-order valence-corrected chi connectivity index (χ2v) is 7.39. The van der Waals surface area contributed by atoms with E-state index < -0.39 is 5.60 Å². The van der Waals surface area contributed by atoms with Gasteiger partial charge in [-0.05, 0) is 55.0 Å². The lowest BCUT2D eigenvalue weighted by molar-refractivity contribution is -0.0388. The first-order valence-electron chi connectivity index (χ1n) is 8.66. The Morgan fingerprint density at radius 3 is 2.62 bits per heavy atom. The average molecular weight is 370 g/mol. The van der Waals surface area contributed by atoms with Gasteiger partial charge in [0.2, 0.25) is 0 Å². The van der Waals surface area contributed by atoms with E-state index in [0.717, 1.165) is 52.4 Å². The van der Waals surface area contributed by atoms with Gasteiger partial charge in [0.05, 0.1) is 23.3 Å². The molecule has 0 aliphatic heterocycles. The molecule has 0 amide bonds. The van der Waals surface area contributed by atoms with Crippen molar-refractivity contribution >= 4 is 28.5 Å². The zero-order valence-corrected chi connectivity index (χ0v) is 15.5. The molecule has 4 rings (SSSR count). The van der Waals surface area contributed by atoms with Gasteiger partial charge in [-0.1, -0.05) is 29.8 Å². The van der Waals surface area contributed by atoms with Gasteiger partial charge in [-0.25, -0.2) is 4.79 Å². The maximum absolute atomic E-state index is 12.0. The third-order valence-corrected chi connectivity index (χ3v) is 5.72. The fourth-order valence-corrected chi connectivity index (χ4v) is 3.95. The fraction of sp³-hybridized carbons (Fsp3) is 0.286. The Labute approximate surface area is 156 Å². The molecule has 0 bridgehead atoms. The standard InChI is InChI=1S/C21H20ClNO3/c1-12-8-13(21(25)6-3-7-21)4-5-14(12)15-9-16-17(20(24)26-2)11-23-19(16)10-18(15)22/h4-5,8-11,23,25H,3,6-7H2,1-2H3. The number of fused-ring (bicyclic) bond motifs is 1. The number of methoxy groups -OCH3 is 1. The molecule has 0 unspecified atom stereocenters. The minimum absolute atomic E-state index is 0.385. The summed E-state index contributed by atoms with van der Waals surface area (Å²) in [4.78, 5) is 15.0. The molecule has 3 aromatic rings. The topological polar surface area (TPSA) is 62.3 Å². The highest BCUT2D eigenvalue weighted by Gasteiger charge is 2.36. The van der Waals surface area contributed by atoms with Crippen molar-refractivity contribution in [2.45, 2.75) is 31.8 Å². The SMILES string of the molecule is COC(=O)c1c[nH]c2cc(Cl)c(-c3ccc(C4(O)CCC4)cc3C)cc12. The number of aliphatic hydroxyl groups is 1. The number of hydrogen-bond acceptors (Lipinski definition) is 3. The molecule has 4 nitrogen and oxygen atoms in total. The monoisotopic (exact) mass is 369 g/mol. The smallest absolute Gasteiger partial charge is 0.340 e. The van der Waals surface area contributed by atoms with Gasteiger partial charge in [-0.15, -0.1) is 0 Å². The summed E-state index contributed by atoms with van der Waals surface area (Å²) < 4.78 is 4.85. The number of carbonyl (C=O) groups excluding carboxylic acids is 1. The summed E-state index contributed by atoms with van der Waals surface area (Å²) in [5.41, 5.74) is 4.43. The van der Waals surface area contributed by atoms with Crippen LogP contribution in [0.4, 0.5) is 0 Å². The highest BCUT2D eigenvalue weighted by Crippen LogP contribution is 2.43. The molecule has 1 aliphatic rings. The van der Waals surface area contributed by atoms with Crippen molar-refractivity contribution in [1.29, 1.82) is 0 Å². The molecule has 1 aromatic heterocycles. The molecular formula is C21H20ClNO3. The number of esters is 1. The largest absolute Gasteiger partial charge is 0.465 e. The number of benzene rings is 2. The summed E-state index contributed by atoms with van der Waals surface area (Å²) in [6, 6.07) is 9.75. The molecular weight excluding hydrogens is 350 g/mol. The fourth-order valence-electron chi connectivity index (χ4n) is 3.68. The first kappa shape index (κ1) is 17.1. The number of rotatable bonds is 3. The third kappa shape index (κ3) is 2.61. The first-order valence-corrected chi connectivity index (χ1v) is 9.03. The number of aromatic nitrogens is 1. The molecule has 0 spiro atoms. The normalized spacial score (nSPS) is 15.7. The number of aromatic amines is 1. The third-order valence-electron chi connectivity index (χ3n) is 5.41. The number of aryl methyl sites for hydroxylation is 1. The lowest BCUT2D eigenvalue weighted by atomic mass is 9.74. The van der Waals surface area contributed by atoms with Crippen LogP contribution in [0.25, 0.3) is 22.0 Å². The lowest BCUT2D eigenvalue weighted by Gasteiger charge is -2.37. The van der Waals surface area contributed by atoms with Crippen LogP contribution in [0.2, 0.25) is 5.02 Å². The Hall–Kier alpha value is -2.30. The van der Waals surface area contributed by atoms with Gasteiger partial charge in [0, 0.05) is 22.7 Å². The van der Waals surface area contributed by atoms with Gasteiger partial charge >= 0.3 is 5.97 Å². The highest BCUT2D eigenvalue weighted by atomic mass is 35.5. The van der Waals surface area contributed by atoms with Crippen LogP contribution in [-0.4, -0.2) is 23.2 Å². The summed E-state index contributed by atoms with van der Waals surface area (Å²) in [5, 5.41) is 12.0. The van der Waals surface area contributed by atoms with Gasteiger partial charge < -0.3 is 14.8 Å². The van der Waals surface area contributed by atoms with Crippen molar-refractivity contribution in [1.82, 2.24) is 4.98 Å². The van der Waals surface area contributed by atoms with Crippen LogP contribution in [0.5, 0.6) is 0 Å². The van der Waals surface area contributed by atoms with E-state index in [-0.39, 0.29) is 5.97 Å². The molecule has 134 valence electrons. The second-order valence-electron chi connectivity index (χ2n) is 6.99. The predicted molar refractivity (Wildman–Crippen MR) is 103 cm³/mol. The van der Waals surface area contributed by atoms with Crippen molar-refractivity contribution in [3.63, 3.8) is 0 Å². The summed E-state index contributed by atoms with van der Waals surface area (Å²) >= 11 is 6.52. The number of hydrogen-bond donors (Lipinski definition) is 2. The van der Waals surface area contributed by atoms with E-state index in [0.29, 0.717) is 10.6 Å². The summed E-state index contributed by atoms with van der Waals surface area (Å²) in [6.07, 6.45) is 4.32. The summed E-state index contributed by atoms with van der Waals surface area (Å²) in [6.45, 7) is 2.01. The van der Waals surface area contributed by atoms with Gasteiger partial charge in [0.15, 0.2) is 0 Å². The van der Waals surface area contributed by atoms with Gasteiger partial charge in [-0.2, -0.15) is 0 Å². The lowest BCUT2D eigenvalue weighted by Crippen LogP contribution is -2.33. The second kappa shape index (κ2) is 6.15. The molecule has 2 N–H and O–H groups in total. The first-order chi connectivity index (χ1) is 12.4. The minimum atomic E-state index is -0.685. The molecule has 2 aromatic carbocycles. The number of H-pyrrole nitrogens is 1. The Kier molecular flexibility index (Phi) is 4.05. The van der Waals surface area contributed by atoms with Gasteiger partial charge in [-0.3, -0.25) is 0 Å². The molecule has 26 heavy (non-hydrogen) atoms. The van der Waals surface area contributed by atoms with E-state index in [4.69, 9.17) is 16.3 Å². The van der Waals surface area contributed by atoms with Crippen molar-refractivity contribution in [2.24, 2.45) is 0 Å². The average Bonchev–Trinajstić information content (AvgIpc) is 3.01. The van der Waals surface area contributed by atoms with Crippen molar-refractivity contribution < 1.29 is 14.6 Å².